The van der Waals surface area contributed by atoms with Crippen LogP contribution in [-0.2, 0) is 4.79 Å². The molecule has 0 saturated heterocycles. The van der Waals surface area contributed by atoms with Gasteiger partial charge in [0.05, 0.1) is 6.61 Å². The van der Waals surface area contributed by atoms with Crippen molar-refractivity contribution >= 4 is 5.97 Å². The van der Waals surface area contributed by atoms with E-state index in [0.29, 0.717) is 0 Å². The van der Waals surface area contributed by atoms with Crippen LogP contribution in [0.3, 0.4) is 0 Å². The van der Waals surface area contributed by atoms with Gasteiger partial charge in [0.15, 0.2) is 0 Å². The number of carboxylic acid groups (broad SMARTS) is 1. The lowest BCUT2D eigenvalue weighted by atomic mass is 10.2. The van der Waals surface area contributed by atoms with E-state index in [2.05, 4.69) is 5.32 Å². The fraction of sp³-hybridized carbons (Fsp3) is 0.667. The maximum absolute atomic E-state index is 10.5. The van der Waals surface area contributed by atoms with Crippen molar-refractivity contribution in [3.05, 3.63) is 11.8 Å². The molecule has 3 N–H and O–H groups in total. The van der Waals surface area contributed by atoms with Crippen LogP contribution < -0.4 is 5.32 Å². The molecule has 0 saturated carbocycles. The monoisotopic (exact) mass is 187 g/mol. The normalized spacial score (nSPS) is 13.9. The second kappa shape index (κ2) is 6.48. The fourth-order valence-electron chi connectivity index (χ4n) is 0.880. The van der Waals surface area contributed by atoms with E-state index < -0.39 is 18.6 Å². The molecule has 0 aliphatic rings. The summed E-state index contributed by atoms with van der Waals surface area (Å²) in [4.78, 5) is 10.5. The number of allylic oxidation sites excluding steroid dienone is 2. The first-order valence-corrected chi connectivity index (χ1v) is 4.38. The Balaban J connectivity index is 4.00. The number of nitrogens with one attached hydrogen (secondary N) is 1. The summed E-state index contributed by atoms with van der Waals surface area (Å²) in [5, 5.41) is 20.0. The minimum absolute atomic E-state index is 0.396. The highest BCUT2D eigenvalue weighted by Gasteiger charge is 2.14. The van der Waals surface area contributed by atoms with Crippen LogP contribution in [0.15, 0.2) is 11.8 Å². The van der Waals surface area contributed by atoms with Crippen LogP contribution in [0.25, 0.3) is 0 Å². The van der Waals surface area contributed by atoms with E-state index in [9.17, 15) is 4.79 Å². The first kappa shape index (κ1) is 12.0. The molecule has 0 bridgehead atoms. The van der Waals surface area contributed by atoms with Gasteiger partial charge < -0.3 is 15.5 Å². The number of aliphatic hydroxyl groups is 1. The van der Waals surface area contributed by atoms with Crippen LogP contribution in [-0.4, -0.2) is 28.8 Å². The summed E-state index contributed by atoms with van der Waals surface area (Å²) in [6.07, 6.45) is 3.86. The molecule has 0 rings (SSSR count). The first-order chi connectivity index (χ1) is 6.11. The number of hydrogen-bond donors (Lipinski definition) is 3. The zero-order chi connectivity index (χ0) is 10.3. The third-order valence-electron chi connectivity index (χ3n) is 1.62. The van der Waals surface area contributed by atoms with E-state index in [4.69, 9.17) is 10.2 Å². The summed E-state index contributed by atoms with van der Waals surface area (Å²) in [6.45, 7) is 3.44. The quantitative estimate of drug-likeness (QED) is 0.573. The summed E-state index contributed by atoms with van der Waals surface area (Å²) >= 11 is 0. The van der Waals surface area contributed by atoms with Gasteiger partial charge in [0.1, 0.15) is 6.04 Å². The molecular formula is C9H17NO3. The molecule has 1 unspecified atom stereocenters. The lowest BCUT2D eigenvalue weighted by Gasteiger charge is -2.12. The zero-order valence-electron chi connectivity index (χ0n) is 8.08. The van der Waals surface area contributed by atoms with Crippen LogP contribution in [0, 0.1) is 0 Å². The molecule has 1 atom stereocenters. The largest absolute Gasteiger partial charge is 0.480 e. The molecule has 0 aromatic heterocycles. The predicted molar refractivity (Wildman–Crippen MR) is 50.3 cm³/mol. The highest BCUT2D eigenvalue weighted by Crippen LogP contribution is 1.96. The molecule has 76 valence electrons. The molecule has 0 aromatic rings. The number of unbranched alkanes of at least 4 members (excludes halogenated alkanes) is 1. The van der Waals surface area contributed by atoms with Gasteiger partial charge in [-0.05, 0) is 13.3 Å². The predicted octanol–water partition coefficient (Wildman–Crippen LogP) is 0.725. The van der Waals surface area contributed by atoms with Crippen molar-refractivity contribution in [2.75, 3.05) is 6.61 Å². The van der Waals surface area contributed by atoms with Gasteiger partial charge in [-0.25, -0.2) is 4.79 Å². The van der Waals surface area contributed by atoms with Gasteiger partial charge in [-0.2, -0.15) is 0 Å². The highest BCUT2D eigenvalue weighted by molar-refractivity contribution is 5.73. The van der Waals surface area contributed by atoms with Gasteiger partial charge in [-0.15, -0.1) is 0 Å². The van der Waals surface area contributed by atoms with Crippen LogP contribution in [0.5, 0.6) is 0 Å². The summed E-state index contributed by atoms with van der Waals surface area (Å²) in [6, 6.07) is -0.895. The molecule has 0 radical (unpaired) electrons. The minimum atomic E-state index is -1.04. The lowest BCUT2D eigenvalue weighted by Crippen LogP contribution is -2.38. The summed E-state index contributed by atoms with van der Waals surface area (Å²) in [5.74, 6) is -1.04. The summed E-state index contributed by atoms with van der Waals surface area (Å²) in [7, 11) is 0. The Hall–Kier alpha value is -1.03. The maximum Gasteiger partial charge on any atom is 0.328 e. The van der Waals surface area contributed by atoms with Crippen molar-refractivity contribution in [3.8, 4) is 0 Å². The standard InChI is InChI=1S/C9H17NO3/c1-3-4-5-7(2)10-8(6-11)9(12)13/h5,8,10-11H,3-4,6H2,1-2H3,(H,12,13). The van der Waals surface area contributed by atoms with Crippen LogP contribution in [0.4, 0.5) is 0 Å². The van der Waals surface area contributed by atoms with Crippen LogP contribution >= 0.6 is 0 Å². The van der Waals surface area contributed by atoms with Crippen LogP contribution in [0.1, 0.15) is 26.7 Å². The number of aliphatic hydroxyl groups excluding tert-OH is 1. The van der Waals surface area contributed by atoms with Gasteiger partial charge in [0.2, 0.25) is 0 Å². The van der Waals surface area contributed by atoms with E-state index in [1.807, 2.05) is 13.0 Å². The van der Waals surface area contributed by atoms with E-state index in [0.717, 1.165) is 18.5 Å². The lowest BCUT2D eigenvalue weighted by molar-refractivity contribution is -0.140. The minimum Gasteiger partial charge on any atom is -0.480 e. The SMILES string of the molecule is CCCC=C(C)NC(CO)C(=O)O. The topological polar surface area (TPSA) is 69.6 Å². The average molecular weight is 187 g/mol. The molecule has 0 amide bonds. The van der Waals surface area contributed by atoms with E-state index in [1.165, 1.54) is 0 Å². The van der Waals surface area contributed by atoms with Crippen molar-refractivity contribution in [2.45, 2.75) is 32.7 Å². The maximum atomic E-state index is 10.5. The van der Waals surface area contributed by atoms with Gasteiger partial charge in [-0.3, -0.25) is 0 Å². The third kappa shape index (κ3) is 5.25. The van der Waals surface area contributed by atoms with E-state index in [-0.39, 0.29) is 0 Å². The number of carboxylic acids is 1. The molecular weight excluding hydrogens is 170 g/mol. The molecule has 4 nitrogen and oxygen atoms in total. The molecule has 13 heavy (non-hydrogen) atoms. The number of aliphatic carboxylic acids is 1. The fourth-order valence-corrected chi connectivity index (χ4v) is 0.880. The number of carbonyl (C=O) groups is 1. The average Bonchev–Trinajstić information content (AvgIpc) is 2.10. The zero-order valence-corrected chi connectivity index (χ0v) is 8.08. The van der Waals surface area contributed by atoms with Gasteiger partial charge in [0.25, 0.3) is 0 Å². The summed E-state index contributed by atoms with van der Waals surface area (Å²) < 4.78 is 0. The van der Waals surface area contributed by atoms with Crippen LogP contribution in [0.2, 0.25) is 0 Å². The summed E-state index contributed by atoms with van der Waals surface area (Å²) in [5.41, 5.74) is 0.795. The van der Waals surface area contributed by atoms with Crippen molar-refractivity contribution in [2.24, 2.45) is 0 Å². The van der Waals surface area contributed by atoms with Crippen molar-refractivity contribution in [1.29, 1.82) is 0 Å². The number of rotatable bonds is 6. The van der Waals surface area contributed by atoms with Gasteiger partial charge in [0, 0.05) is 5.70 Å². The molecule has 0 aliphatic heterocycles. The molecule has 0 heterocycles. The van der Waals surface area contributed by atoms with Gasteiger partial charge >= 0.3 is 5.97 Å². The first-order valence-electron chi connectivity index (χ1n) is 4.38. The highest BCUT2D eigenvalue weighted by atomic mass is 16.4. The van der Waals surface area contributed by atoms with Gasteiger partial charge in [-0.1, -0.05) is 19.4 Å². The Morgan fingerprint density at radius 1 is 1.62 bits per heavy atom. The Morgan fingerprint density at radius 3 is 2.62 bits per heavy atom. The third-order valence-corrected chi connectivity index (χ3v) is 1.62. The molecule has 4 heteroatoms. The molecule has 0 fully saturated rings. The second-order valence-corrected chi connectivity index (χ2v) is 2.89. The van der Waals surface area contributed by atoms with Crippen molar-refractivity contribution in [1.82, 2.24) is 5.32 Å². The van der Waals surface area contributed by atoms with E-state index in [1.54, 1.807) is 6.92 Å². The Morgan fingerprint density at radius 2 is 2.23 bits per heavy atom. The second-order valence-electron chi connectivity index (χ2n) is 2.89. The van der Waals surface area contributed by atoms with Crippen molar-refractivity contribution in [3.63, 3.8) is 0 Å². The Labute approximate surface area is 78.3 Å². The Bertz CT molecular complexity index is 189. The Kier molecular flexibility index (Phi) is 5.97. The molecule has 0 aromatic carbocycles. The van der Waals surface area contributed by atoms with Crippen molar-refractivity contribution < 1.29 is 15.0 Å². The van der Waals surface area contributed by atoms with E-state index >= 15 is 0 Å². The smallest absolute Gasteiger partial charge is 0.328 e. The molecule has 0 spiro atoms. The molecule has 0 aliphatic carbocycles. The number of hydrogen-bond acceptors (Lipinski definition) is 3.